The molecule has 3 rings (SSSR count). The summed E-state index contributed by atoms with van der Waals surface area (Å²) in [5.74, 6) is 0.302. The van der Waals surface area contributed by atoms with Crippen molar-refractivity contribution in [1.29, 1.82) is 0 Å². The molecule has 1 atom stereocenters. The Morgan fingerprint density at radius 2 is 1.92 bits per heavy atom. The first kappa shape index (κ1) is 17.7. The quantitative estimate of drug-likeness (QED) is 0.805. The SMILES string of the molecule is CC(C)(C)OC(=O)N1CCCC(Oc2nc3ccccc3nc2Cl)C1. The van der Waals surface area contributed by atoms with Gasteiger partial charge in [-0.25, -0.2) is 14.8 Å². The van der Waals surface area contributed by atoms with Crippen molar-refractivity contribution in [3.05, 3.63) is 29.4 Å². The zero-order valence-electron chi connectivity index (χ0n) is 14.7. The molecule has 1 amide bonds. The Bertz CT molecular complexity index is 776. The highest BCUT2D eigenvalue weighted by Gasteiger charge is 2.29. The molecule has 6 nitrogen and oxygen atoms in total. The van der Waals surface area contributed by atoms with Crippen molar-refractivity contribution in [3.63, 3.8) is 0 Å². The maximum atomic E-state index is 12.2. The fourth-order valence-electron chi connectivity index (χ4n) is 2.72. The van der Waals surface area contributed by atoms with E-state index < -0.39 is 5.60 Å². The van der Waals surface area contributed by atoms with Gasteiger partial charge in [0.1, 0.15) is 11.7 Å². The molecule has 2 heterocycles. The topological polar surface area (TPSA) is 64.5 Å². The molecule has 0 saturated carbocycles. The van der Waals surface area contributed by atoms with Gasteiger partial charge in [0.15, 0.2) is 5.15 Å². The van der Waals surface area contributed by atoms with E-state index in [0.29, 0.717) is 19.0 Å². The maximum Gasteiger partial charge on any atom is 0.410 e. The zero-order valence-corrected chi connectivity index (χ0v) is 15.4. The second-order valence-electron chi connectivity index (χ2n) is 7.12. The van der Waals surface area contributed by atoms with E-state index in [1.54, 1.807) is 4.90 Å². The standard InChI is InChI=1S/C18H22ClN3O3/c1-18(2,3)25-17(23)22-10-6-7-12(11-22)24-16-15(19)20-13-8-4-5-9-14(13)21-16/h4-5,8-9,12H,6-7,10-11H2,1-3H3. The minimum absolute atomic E-state index is 0.186. The monoisotopic (exact) mass is 363 g/mol. The third kappa shape index (κ3) is 4.51. The average molecular weight is 364 g/mol. The van der Waals surface area contributed by atoms with Crippen molar-refractivity contribution in [3.8, 4) is 5.88 Å². The summed E-state index contributed by atoms with van der Waals surface area (Å²) in [5, 5.41) is 0.230. The van der Waals surface area contributed by atoms with E-state index >= 15 is 0 Å². The van der Waals surface area contributed by atoms with Crippen LogP contribution in [-0.2, 0) is 4.74 Å². The number of rotatable bonds is 2. The Kier molecular flexibility index (Phi) is 4.99. The highest BCUT2D eigenvalue weighted by atomic mass is 35.5. The molecule has 1 fully saturated rings. The van der Waals surface area contributed by atoms with E-state index in [2.05, 4.69) is 9.97 Å². The number of piperidine rings is 1. The third-order valence-electron chi connectivity index (χ3n) is 3.81. The Balaban J connectivity index is 1.70. The van der Waals surface area contributed by atoms with Crippen molar-refractivity contribution in [2.24, 2.45) is 0 Å². The molecule has 0 bridgehead atoms. The fourth-order valence-corrected chi connectivity index (χ4v) is 2.90. The first-order valence-corrected chi connectivity index (χ1v) is 8.76. The lowest BCUT2D eigenvalue weighted by Gasteiger charge is -2.34. The molecule has 7 heteroatoms. The Morgan fingerprint density at radius 3 is 2.60 bits per heavy atom. The number of hydrogen-bond donors (Lipinski definition) is 0. The number of aromatic nitrogens is 2. The fraction of sp³-hybridized carbons (Fsp3) is 0.500. The number of halogens is 1. The van der Waals surface area contributed by atoms with Crippen LogP contribution in [0, 0.1) is 0 Å². The van der Waals surface area contributed by atoms with Crippen LogP contribution in [0.25, 0.3) is 11.0 Å². The Labute approximate surface area is 152 Å². The average Bonchev–Trinajstić information content (AvgIpc) is 2.54. The summed E-state index contributed by atoms with van der Waals surface area (Å²) in [6, 6.07) is 7.48. The molecular weight excluding hydrogens is 342 g/mol. The van der Waals surface area contributed by atoms with Gasteiger partial charge in [-0.2, -0.15) is 0 Å². The van der Waals surface area contributed by atoms with Crippen LogP contribution in [0.5, 0.6) is 5.88 Å². The van der Waals surface area contributed by atoms with Crippen LogP contribution in [0.3, 0.4) is 0 Å². The van der Waals surface area contributed by atoms with E-state index in [1.807, 2.05) is 45.0 Å². The van der Waals surface area contributed by atoms with Gasteiger partial charge in [-0.1, -0.05) is 23.7 Å². The van der Waals surface area contributed by atoms with Crippen molar-refractivity contribution in [2.45, 2.75) is 45.3 Å². The number of fused-ring (bicyclic) bond motifs is 1. The molecule has 1 aromatic carbocycles. The molecule has 2 aromatic rings. The summed E-state index contributed by atoms with van der Waals surface area (Å²) in [6.07, 6.45) is 1.15. The van der Waals surface area contributed by atoms with Gasteiger partial charge in [-0.15, -0.1) is 0 Å². The van der Waals surface area contributed by atoms with Gasteiger partial charge in [-0.05, 0) is 45.7 Å². The van der Waals surface area contributed by atoms with Crippen LogP contribution in [0.1, 0.15) is 33.6 Å². The highest BCUT2D eigenvalue weighted by molar-refractivity contribution is 6.31. The molecule has 1 saturated heterocycles. The van der Waals surface area contributed by atoms with Crippen molar-refractivity contribution in [1.82, 2.24) is 14.9 Å². The van der Waals surface area contributed by atoms with Crippen LogP contribution >= 0.6 is 11.6 Å². The smallest absolute Gasteiger partial charge is 0.410 e. The van der Waals surface area contributed by atoms with Crippen molar-refractivity contribution >= 4 is 28.7 Å². The first-order chi connectivity index (χ1) is 11.8. The van der Waals surface area contributed by atoms with E-state index in [1.165, 1.54) is 0 Å². The number of para-hydroxylation sites is 2. The van der Waals surface area contributed by atoms with Crippen LogP contribution in [0.15, 0.2) is 24.3 Å². The minimum Gasteiger partial charge on any atom is -0.470 e. The molecule has 0 N–H and O–H groups in total. The summed E-state index contributed by atoms with van der Waals surface area (Å²) >= 11 is 6.20. The number of nitrogens with zero attached hydrogens (tertiary/aromatic N) is 3. The van der Waals surface area contributed by atoms with Crippen LogP contribution < -0.4 is 4.74 Å². The molecule has 25 heavy (non-hydrogen) atoms. The molecule has 0 aliphatic carbocycles. The lowest BCUT2D eigenvalue weighted by atomic mass is 10.1. The van der Waals surface area contributed by atoms with Gasteiger partial charge >= 0.3 is 6.09 Å². The lowest BCUT2D eigenvalue weighted by molar-refractivity contribution is 0.00724. The predicted octanol–water partition coefficient (Wildman–Crippen LogP) is 4.06. The van der Waals surface area contributed by atoms with Gasteiger partial charge in [-0.3, -0.25) is 0 Å². The number of amides is 1. The van der Waals surface area contributed by atoms with Crippen LogP contribution in [0.2, 0.25) is 5.15 Å². The van der Waals surface area contributed by atoms with Gasteiger partial charge < -0.3 is 14.4 Å². The Hall–Kier alpha value is -2.08. The first-order valence-electron chi connectivity index (χ1n) is 8.39. The molecule has 1 unspecified atom stereocenters. The lowest BCUT2D eigenvalue weighted by Crippen LogP contribution is -2.46. The second-order valence-corrected chi connectivity index (χ2v) is 7.47. The van der Waals surface area contributed by atoms with E-state index in [9.17, 15) is 4.79 Å². The normalized spacial score (nSPS) is 18.2. The number of carbonyl (C=O) groups excluding carboxylic acids is 1. The highest BCUT2D eigenvalue weighted by Crippen LogP contribution is 2.26. The molecule has 0 spiro atoms. The van der Waals surface area contributed by atoms with E-state index in [0.717, 1.165) is 23.9 Å². The number of hydrogen-bond acceptors (Lipinski definition) is 5. The number of carbonyl (C=O) groups is 1. The van der Waals surface area contributed by atoms with Crippen LogP contribution in [0.4, 0.5) is 4.79 Å². The molecule has 134 valence electrons. The predicted molar refractivity (Wildman–Crippen MR) is 96.0 cm³/mol. The van der Waals surface area contributed by atoms with Gasteiger partial charge in [0.25, 0.3) is 5.88 Å². The zero-order chi connectivity index (χ0) is 18.0. The van der Waals surface area contributed by atoms with Gasteiger partial charge in [0, 0.05) is 6.54 Å². The molecule has 1 aromatic heterocycles. The van der Waals surface area contributed by atoms with Gasteiger partial charge in [0.05, 0.1) is 17.6 Å². The summed E-state index contributed by atoms with van der Waals surface area (Å²) in [6.45, 7) is 6.67. The van der Waals surface area contributed by atoms with E-state index in [4.69, 9.17) is 21.1 Å². The van der Waals surface area contributed by atoms with Crippen molar-refractivity contribution in [2.75, 3.05) is 13.1 Å². The number of ether oxygens (including phenoxy) is 2. The van der Waals surface area contributed by atoms with E-state index in [-0.39, 0.29) is 17.4 Å². The number of likely N-dealkylation sites (tertiary alicyclic amines) is 1. The summed E-state index contributed by atoms with van der Waals surface area (Å²) in [4.78, 5) is 22.7. The third-order valence-corrected chi connectivity index (χ3v) is 4.05. The summed E-state index contributed by atoms with van der Waals surface area (Å²) < 4.78 is 11.4. The van der Waals surface area contributed by atoms with Crippen LogP contribution in [-0.4, -0.2) is 45.8 Å². The second kappa shape index (κ2) is 7.04. The number of benzene rings is 1. The van der Waals surface area contributed by atoms with Crippen molar-refractivity contribution < 1.29 is 14.3 Å². The molecule has 1 aliphatic rings. The molecule has 1 aliphatic heterocycles. The Morgan fingerprint density at radius 1 is 1.24 bits per heavy atom. The summed E-state index contributed by atoms with van der Waals surface area (Å²) in [5.41, 5.74) is 0.929. The minimum atomic E-state index is -0.516. The maximum absolute atomic E-state index is 12.2. The van der Waals surface area contributed by atoms with Gasteiger partial charge in [0.2, 0.25) is 0 Å². The summed E-state index contributed by atoms with van der Waals surface area (Å²) in [7, 11) is 0. The molecular formula is C18H22ClN3O3. The molecule has 0 radical (unpaired) electrons. The largest absolute Gasteiger partial charge is 0.470 e.